The van der Waals surface area contributed by atoms with Gasteiger partial charge >= 0.3 is 0 Å². The number of carbonyl (C=O) groups excluding carboxylic acids is 1. The van der Waals surface area contributed by atoms with E-state index in [1.165, 1.54) is 12.1 Å². The van der Waals surface area contributed by atoms with Crippen LogP contribution in [0, 0.1) is 0 Å². The number of sulfonamides is 1. The van der Waals surface area contributed by atoms with Crippen molar-refractivity contribution in [3.05, 3.63) is 16.5 Å². The maximum absolute atomic E-state index is 12.0. The minimum Gasteiger partial charge on any atom is -0.336 e. The van der Waals surface area contributed by atoms with Crippen molar-refractivity contribution in [2.75, 3.05) is 26.2 Å². The Labute approximate surface area is 127 Å². The van der Waals surface area contributed by atoms with Crippen LogP contribution in [0.1, 0.15) is 6.92 Å². The van der Waals surface area contributed by atoms with Crippen LogP contribution < -0.4 is 10.0 Å². The predicted molar refractivity (Wildman–Crippen MR) is 78.6 cm³/mol. The third-order valence-corrected chi connectivity index (χ3v) is 6.17. The lowest BCUT2D eigenvalue weighted by Crippen LogP contribution is -2.54. The number of amides is 1. The number of carbonyl (C=O) groups is 1. The zero-order valence-corrected chi connectivity index (χ0v) is 13.3. The van der Waals surface area contributed by atoms with E-state index in [1.807, 2.05) is 6.92 Å². The zero-order chi connectivity index (χ0) is 14.8. The molecule has 9 heteroatoms. The van der Waals surface area contributed by atoms with Gasteiger partial charge in [0.1, 0.15) is 4.21 Å². The summed E-state index contributed by atoms with van der Waals surface area (Å²) in [6, 6.07) is 3.01. The van der Waals surface area contributed by atoms with Gasteiger partial charge in [-0.15, -0.1) is 11.3 Å². The van der Waals surface area contributed by atoms with E-state index in [1.54, 1.807) is 4.90 Å². The molecule has 0 saturated carbocycles. The van der Waals surface area contributed by atoms with Gasteiger partial charge in [0.25, 0.3) is 10.0 Å². The number of nitrogens with zero attached hydrogens (tertiary/aromatic N) is 1. The number of nitrogens with one attached hydrogen (secondary N) is 2. The maximum atomic E-state index is 12.0. The van der Waals surface area contributed by atoms with Crippen LogP contribution in [-0.2, 0) is 14.8 Å². The van der Waals surface area contributed by atoms with Gasteiger partial charge in [-0.25, -0.2) is 13.1 Å². The molecule has 1 saturated heterocycles. The Hall–Kier alpha value is -0.670. The minimum absolute atomic E-state index is 0.0666. The summed E-state index contributed by atoms with van der Waals surface area (Å²) in [5, 5.41) is 3.17. The van der Waals surface area contributed by atoms with Crippen molar-refractivity contribution >= 4 is 38.9 Å². The third-order valence-electron chi connectivity index (χ3n) is 3.05. The van der Waals surface area contributed by atoms with E-state index in [0.717, 1.165) is 24.4 Å². The average Bonchev–Trinajstić information content (AvgIpc) is 2.84. The van der Waals surface area contributed by atoms with E-state index in [0.29, 0.717) is 10.9 Å². The lowest BCUT2D eigenvalue weighted by atomic mass is 10.2. The van der Waals surface area contributed by atoms with Gasteiger partial charge in [-0.05, 0) is 19.1 Å². The third kappa shape index (κ3) is 3.70. The molecule has 1 aliphatic rings. The molecule has 2 rings (SSSR count). The van der Waals surface area contributed by atoms with Gasteiger partial charge in [-0.1, -0.05) is 11.6 Å². The highest BCUT2D eigenvalue weighted by atomic mass is 35.5. The van der Waals surface area contributed by atoms with Crippen LogP contribution in [-0.4, -0.2) is 51.4 Å². The van der Waals surface area contributed by atoms with Crippen LogP contribution in [0.4, 0.5) is 0 Å². The van der Waals surface area contributed by atoms with Gasteiger partial charge in [0.15, 0.2) is 0 Å². The molecule has 0 bridgehead atoms. The molecule has 0 radical (unpaired) electrons. The number of piperazine rings is 1. The van der Waals surface area contributed by atoms with E-state index >= 15 is 0 Å². The molecule has 1 aromatic heterocycles. The molecule has 2 heterocycles. The lowest BCUT2D eigenvalue weighted by molar-refractivity contribution is -0.132. The number of thiophene rings is 1. The Morgan fingerprint density at radius 3 is 2.95 bits per heavy atom. The van der Waals surface area contributed by atoms with Crippen molar-refractivity contribution < 1.29 is 13.2 Å². The summed E-state index contributed by atoms with van der Waals surface area (Å²) in [6.45, 7) is 3.73. The summed E-state index contributed by atoms with van der Waals surface area (Å²) in [6.07, 6.45) is 0. The first-order valence-electron chi connectivity index (χ1n) is 6.15. The molecular formula is C11H16ClN3O3S2. The van der Waals surface area contributed by atoms with Gasteiger partial charge in [0.05, 0.1) is 10.9 Å². The van der Waals surface area contributed by atoms with Gasteiger partial charge in [0, 0.05) is 25.7 Å². The van der Waals surface area contributed by atoms with E-state index in [9.17, 15) is 13.2 Å². The second-order valence-electron chi connectivity index (χ2n) is 4.52. The molecule has 0 unspecified atom stereocenters. The first-order chi connectivity index (χ1) is 9.40. The highest BCUT2D eigenvalue weighted by Crippen LogP contribution is 2.25. The molecule has 20 heavy (non-hydrogen) atoms. The first-order valence-corrected chi connectivity index (χ1v) is 8.83. The Morgan fingerprint density at radius 1 is 1.60 bits per heavy atom. The Balaban J connectivity index is 1.96. The van der Waals surface area contributed by atoms with Gasteiger partial charge < -0.3 is 10.2 Å². The lowest BCUT2D eigenvalue weighted by Gasteiger charge is -2.34. The molecule has 112 valence electrons. The molecule has 0 aliphatic carbocycles. The number of rotatable bonds is 4. The fraction of sp³-hybridized carbons (Fsp3) is 0.545. The Bertz CT molecular complexity index is 587. The number of halogens is 1. The minimum atomic E-state index is -3.67. The quantitative estimate of drug-likeness (QED) is 0.838. The maximum Gasteiger partial charge on any atom is 0.250 e. The smallest absolute Gasteiger partial charge is 0.250 e. The van der Waals surface area contributed by atoms with Crippen LogP contribution >= 0.6 is 22.9 Å². The predicted octanol–water partition coefficient (Wildman–Crippen LogP) is 0.500. The molecule has 1 aromatic rings. The largest absolute Gasteiger partial charge is 0.336 e. The zero-order valence-electron chi connectivity index (χ0n) is 10.9. The molecule has 0 spiro atoms. The average molecular weight is 338 g/mol. The van der Waals surface area contributed by atoms with Crippen molar-refractivity contribution in [1.29, 1.82) is 0 Å². The van der Waals surface area contributed by atoms with Crippen molar-refractivity contribution in [2.24, 2.45) is 0 Å². The monoisotopic (exact) mass is 337 g/mol. The summed E-state index contributed by atoms with van der Waals surface area (Å²) in [5.74, 6) is -0.217. The van der Waals surface area contributed by atoms with E-state index < -0.39 is 10.0 Å². The van der Waals surface area contributed by atoms with Crippen molar-refractivity contribution in [3.63, 3.8) is 0 Å². The van der Waals surface area contributed by atoms with E-state index in [-0.39, 0.29) is 22.7 Å². The van der Waals surface area contributed by atoms with Gasteiger partial charge in [0.2, 0.25) is 5.91 Å². The number of hydrogen-bond acceptors (Lipinski definition) is 5. The van der Waals surface area contributed by atoms with Crippen LogP contribution in [0.25, 0.3) is 0 Å². The van der Waals surface area contributed by atoms with Gasteiger partial charge in [-0.2, -0.15) is 0 Å². The summed E-state index contributed by atoms with van der Waals surface area (Å²) >= 11 is 6.68. The van der Waals surface area contributed by atoms with Crippen LogP contribution in [0.5, 0.6) is 0 Å². The first kappa shape index (κ1) is 15.7. The number of hydrogen-bond donors (Lipinski definition) is 2. The summed E-state index contributed by atoms with van der Waals surface area (Å²) in [5.41, 5.74) is 0. The van der Waals surface area contributed by atoms with Gasteiger partial charge in [-0.3, -0.25) is 4.79 Å². The normalized spacial score (nSPS) is 20.1. The second-order valence-corrected chi connectivity index (χ2v) is 8.23. The molecule has 2 N–H and O–H groups in total. The fourth-order valence-electron chi connectivity index (χ4n) is 1.98. The van der Waals surface area contributed by atoms with Crippen molar-refractivity contribution in [3.8, 4) is 0 Å². The second kappa shape index (κ2) is 6.40. The van der Waals surface area contributed by atoms with Crippen LogP contribution in [0.3, 0.4) is 0 Å². The molecule has 6 nitrogen and oxygen atoms in total. The van der Waals surface area contributed by atoms with E-state index in [2.05, 4.69) is 10.0 Å². The molecule has 1 fully saturated rings. The summed E-state index contributed by atoms with van der Waals surface area (Å²) in [4.78, 5) is 13.7. The summed E-state index contributed by atoms with van der Waals surface area (Å²) < 4.78 is 26.8. The highest BCUT2D eigenvalue weighted by Gasteiger charge is 2.25. The fourth-order valence-corrected chi connectivity index (χ4v) is 4.48. The SMILES string of the molecule is C[C@H]1CNCCN1C(=O)CNS(=O)(=O)c1ccc(Cl)s1. The molecule has 1 aliphatic heterocycles. The standard InChI is InChI=1S/C11H16ClN3O3S2/c1-8-6-13-4-5-15(8)10(16)7-14-20(17,18)11-3-2-9(12)19-11/h2-3,8,13-14H,4-7H2,1H3/t8-/m0/s1. The molecule has 0 aromatic carbocycles. The Morgan fingerprint density at radius 2 is 2.35 bits per heavy atom. The summed E-state index contributed by atoms with van der Waals surface area (Å²) in [7, 11) is -3.67. The van der Waals surface area contributed by atoms with Crippen molar-refractivity contribution in [1.82, 2.24) is 14.9 Å². The molecule has 1 amide bonds. The topological polar surface area (TPSA) is 78.5 Å². The van der Waals surface area contributed by atoms with E-state index in [4.69, 9.17) is 11.6 Å². The van der Waals surface area contributed by atoms with Crippen LogP contribution in [0.15, 0.2) is 16.3 Å². The van der Waals surface area contributed by atoms with Crippen LogP contribution in [0.2, 0.25) is 4.34 Å². The molecular weight excluding hydrogens is 322 g/mol. The van der Waals surface area contributed by atoms with Crippen molar-refractivity contribution in [2.45, 2.75) is 17.2 Å². The highest BCUT2D eigenvalue weighted by molar-refractivity contribution is 7.91. The molecule has 1 atom stereocenters. The Kier molecular flexibility index (Phi) is 5.03.